The second-order valence-electron chi connectivity index (χ2n) is 7.00. The fourth-order valence-corrected chi connectivity index (χ4v) is 5.07. The van der Waals surface area contributed by atoms with Gasteiger partial charge in [0.2, 0.25) is 0 Å². The Kier molecular flexibility index (Phi) is 6.85. The SMILES string of the molecule is CCOC(=O)c1c(-c2cccs2)csc1NC(=O)COC(=O)c1nn(C)c(=O)c2ccccc12. The predicted octanol–water partition coefficient (Wildman–Crippen LogP) is 3.70. The molecule has 0 fully saturated rings. The molecule has 1 N–H and O–H groups in total. The number of benzene rings is 1. The number of aryl methyl sites for hydroxylation is 1. The minimum Gasteiger partial charge on any atom is -0.462 e. The lowest BCUT2D eigenvalue weighted by Gasteiger charge is -2.10. The molecule has 1 amide bonds. The third kappa shape index (κ3) is 4.61. The van der Waals surface area contributed by atoms with E-state index >= 15 is 0 Å². The molecule has 0 spiro atoms. The molecule has 0 aliphatic carbocycles. The van der Waals surface area contributed by atoms with Crippen LogP contribution in [0.4, 0.5) is 5.00 Å². The largest absolute Gasteiger partial charge is 0.462 e. The Labute approximate surface area is 201 Å². The second kappa shape index (κ2) is 9.98. The maximum atomic E-state index is 12.6. The maximum absolute atomic E-state index is 12.6. The Morgan fingerprint density at radius 3 is 2.50 bits per heavy atom. The van der Waals surface area contributed by atoms with Gasteiger partial charge in [-0.1, -0.05) is 24.3 Å². The number of amides is 1. The first-order valence-corrected chi connectivity index (χ1v) is 11.9. The van der Waals surface area contributed by atoms with Crippen molar-refractivity contribution in [2.45, 2.75) is 6.92 Å². The van der Waals surface area contributed by atoms with Crippen molar-refractivity contribution >= 4 is 56.3 Å². The quantitative estimate of drug-likeness (QED) is 0.387. The lowest BCUT2D eigenvalue weighted by atomic mass is 10.1. The Bertz CT molecular complexity index is 1440. The third-order valence-electron chi connectivity index (χ3n) is 4.79. The van der Waals surface area contributed by atoms with E-state index in [0.717, 1.165) is 9.56 Å². The molecule has 4 aromatic rings. The number of nitrogens with one attached hydrogen (secondary N) is 1. The van der Waals surface area contributed by atoms with Crippen molar-refractivity contribution in [3.63, 3.8) is 0 Å². The number of anilines is 1. The summed E-state index contributed by atoms with van der Waals surface area (Å²) in [4.78, 5) is 50.9. The Balaban J connectivity index is 1.52. The molecule has 0 atom stereocenters. The van der Waals surface area contributed by atoms with Crippen LogP contribution in [0.2, 0.25) is 0 Å². The van der Waals surface area contributed by atoms with Gasteiger partial charge in [-0.15, -0.1) is 22.7 Å². The molecule has 11 heteroatoms. The van der Waals surface area contributed by atoms with Crippen molar-refractivity contribution in [1.82, 2.24) is 9.78 Å². The molecule has 34 heavy (non-hydrogen) atoms. The van der Waals surface area contributed by atoms with E-state index < -0.39 is 24.5 Å². The summed E-state index contributed by atoms with van der Waals surface area (Å²) in [5.41, 5.74) is 0.482. The van der Waals surface area contributed by atoms with E-state index in [0.29, 0.717) is 21.3 Å². The summed E-state index contributed by atoms with van der Waals surface area (Å²) in [5.74, 6) is -2.04. The first-order chi connectivity index (χ1) is 16.4. The Morgan fingerprint density at radius 2 is 1.79 bits per heavy atom. The van der Waals surface area contributed by atoms with Gasteiger partial charge in [0.05, 0.1) is 12.0 Å². The van der Waals surface area contributed by atoms with E-state index in [1.807, 2.05) is 17.5 Å². The monoisotopic (exact) mass is 497 g/mol. The first kappa shape index (κ1) is 23.3. The van der Waals surface area contributed by atoms with E-state index in [1.165, 1.54) is 29.7 Å². The summed E-state index contributed by atoms with van der Waals surface area (Å²) >= 11 is 2.63. The van der Waals surface area contributed by atoms with Crippen LogP contribution in [0.3, 0.4) is 0 Å². The highest BCUT2D eigenvalue weighted by atomic mass is 32.1. The number of nitrogens with zero attached hydrogens (tertiary/aromatic N) is 2. The number of rotatable bonds is 7. The summed E-state index contributed by atoms with van der Waals surface area (Å²) in [6, 6.07) is 10.3. The first-order valence-electron chi connectivity index (χ1n) is 10.2. The van der Waals surface area contributed by atoms with Crippen LogP contribution < -0.4 is 10.9 Å². The highest BCUT2D eigenvalue weighted by Crippen LogP contribution is 2.38. The van der Waals surface area contributed by atoms with E-state index in [2.05, 4.69) is 10.4 Å². The minimum absolute atomic E-state index is 0.0752. The van der Waals surface area contributed by atoms with Gasteiger partial charge >= 0.3 is 11.9 Å². The molecule has 0 saturated carbocycles. The number of carbonyl (C=O) groups is 3. The number of hydrogen-bond donors (Lipinski definition) is 1. The van der Waals surface area contributed by atoms with Crippen LogP contribution in [0.15, 0.2) is 52.0 Å². The van der Waals surface area contributed by atoms with Crippen molar-refractivity contribution in [3.8, 4) is 10.4 Å². The van der Waals surface area contributed by atoms with Crippen molar-refractivity contribution in [2.75, 3.05) is 18.5 Å². The molecular weight excluding hydrogens is 478 g/mol. The van der Waals surface area contributed by atoms with Crippen LogP contribution >= 0.6 is 22.7 Å². The lowest BCUT2D eigenvalue weighted by Crippen LogP contribution is -2.26. The van der Waals surface area contributed by atoms with Crippen LogP contribution in [0.5, 0.6) is 0 Å². The number of carbonyl (C=O) groups excluding carboxylic acids is 3. The standard InChI is InChI=1S/C23H19N3O6S2/c1-3-31-22(29)18-15(16-9-6-10-33-16)12-34-20(18)24-17(27)11-32-23(30)19-13-7-4-5-8-14(13)21(28)26(2)25-19/h4-10,12H,3,11H2,1-2H3,(H,24,27). The molecular formula is C23H19N3O6S2. The molecule has 3 aromatic heterocycles. The lowest BCUT2D eigenvalue weighted by molar-refractivity contribution is -0.119. The average Bonchev–Trinajstić information content (AvgIpc) is 3.50. The second-order valence-corrected chi connectivity index (χ2v) is 8.83. The molecule has 0 bridgehead atoms. The molecule has 0 aliphatic rings. The molecule has 3 heterocycles. The molecule has 174 valence electrons. The number of fused-ring (bicyclic) bond motifs is 1. The molecule has 0 radical (unpaired) electrons. The maximum Gasteiger partial charge on any atom is 0.359 e. The van der Waals surface area contributed by atoms with Gasteiger partial charge < -0.3 is 14.8 Å². The summed E-state index contributed by atoms with van der Waals surface area (Å²) in [5, 5.41) is 11.2. The summed E-state index contributed by atoms with van der Waals surface area (Å²) in [6.45, 7) is 1.28. The van der Waals surface area contributed by atoms with E-state index in [4.69, 9.17) is 9.47 Å². The van der Waals surface area contributed by atoms with Crippen LogP contribution in [-0.4, -0.2) is 40.8 Å². The minimum atomic E-state index is -0.849. The fraction of sp³-hybridized carbons (Fsp3) is 0.174. The van der Waals surface area contributed by atoms with Crippen LogP contribution in [0, 0.1) is 0 Å². The van der Waals surface area contributed by atoms with E-state index in [-0.39, 0.29) is 23.4 Å². The molecule has 9 nitrogen and oxygen atoms in total. The van der Waals surface area contributed by atoms with Gasteiger partial charge in [-0.3, -0.25) is 9.59 Å². The molecule has 0 saturated heterocycles. The van der Waals surface area contributed by atoms with Crippen molar-refractivity contribution in [3.05, 3.63) is 68.8 Å². The number of aromatic nitrogens is 2. The number of ether oxygens (including phenoxy) is 2. The Morgan fingerprint density at radius 1 is 1.03 bits per heavy atom. The van der Waals surface area contributed by atoms with E-state index in [9.17, 15) is 19.2 Å². The number of esters is 2. The molecule has 0 aliphatic heterocycles. The van der Waals surface area contributed by atoms with Crippen molar-refractivity contribution in [2.24, 2.45) is 7.05 Å². The normalized spacial score (nSPS) is 10.8. The van der Waals surface area contributed by atoms with Crippen LogP contribution in [-0.2, 0) is 21.3 Å². The zero-order valence-corrected chi connectivity index (χ0v) is 19.8. The third-order valence-corrected chi connectivity index (χ3v) is 6.59. The van der Waals surface area contributed by atoms with Crippen LogP contribution in [0.1, 0.15) is 27.8 Å². The fourth-order valence-electron chi connectivity index (χ4n) is 3.28. The van der Waals surface area contributed by atoms with Gasteiger partial charge in [-0.2, -0.15) is 5.10 Å². The summed E-state index contributed by atoms with van der Waals surface area (Å²) < 4.78 is 11.4. The highest BCUT2D eigenvalue weighted by Gasteiger charge is 2.24. The number of hydrogen-bond acceptors (Lipinski definition) is 9. The average molecular weight is 498 g/mol. The molecule has 1 aromatic carbocycles. The smallest absolute Gasteiger partial charge is 0.359 e. The van der Waals surface area contributed by atoms with Crippen LogP contribution in [0.25, 0.3) is 21.2 Å². The predicted molar refractivity (Wildman–Crippen MR) is 129 cm³/mol. The van der Waals surface area contributed by atoms with Crippen molar-refractivity contribution < 1.29 is 23.9 Å². The number of thiophene rings is 2. The topological polar surface area (TPSA) is 117 Å². The van der Waals surface area contributed by atoms with Gasteiger partial charge in [-0.25, -0.2) is 14.3 Å². The highest BCUT2D eigenvalue weighted by molar-refractivity contribution is 7.17. The van der Waals surface area contributed by atoms with E-state index in [1.54, 1.807) is 36.6 Å². The molecule has 4 rings (SSSR count). The van der Waals surface area contributed by atoms with Gasteiger partial charge in [0.1, 0.15) is 10.6 Å². The van der Waals surface area contributed by atoms with Gasteiger partial charge in [0, 0.05) is 28.3 Å². The van der Waals surface area contributed by atoms with Gasteiger partial charge in [-0.05, 0) is 24.4 Å². The molecule has 0 unspecified atom stereocenters. The van der Waals surface area contributed by atoms with Crippen molar-refractivity contribution in [1.29, 1.82) is 0 Å². The zero-order chi connectivity index (χ0) is 24.2. The Hall–Kier alpha value is -3.83. The summed E-state index contributed by atoms with van der Waals surface area (Å²) in [6.07, 6.45) is 0. The van der Waals surface area contributed by atoms with Gasteiger partial charge in [0.15, 0.2) is 12.3 Å². The summed E-state index contributed by atoms with van der Waals surface area (Å²) in [7, 11) is 1.43. The zero-order valence-electron chi connectivity index (χ0n) is 18.2. The van der Waals surface area contributed by atoms with Gasteiger partial charge in [0.25, 0.3) is 11.5 Å².